The number of ether oxygens (including phenoxy) is 1. The highest BCUT2D eigenvalue weighted by Gasteiger charge is 2.33. The molecule has 1 heterocycles. The molecule has 8 nitrogen and oxygen atoms in total. The number of hydrogen-bond acceptors (Lipinski definition) is 7. The first-order valence-corrected chi connectivity index (χ1v) is 11.2. The van der Waals surface area contributed by atoms with Crippen LogP contribution in [-0.4, -0.2) is 57.9 Å². The average molecular weight is 445 g/mol. The number of aliphatic carboxylic acids is 1. The molecule has 31 heavy (non-hydrogen) atoms. The quantitative estimate of drug-likeness (QED) is 0.248. The van der Waals surface area contributed by atoms with Gasteiger partial charge < -0.3 is 15.6 Å². The molecule has 2 aromatic carbocycles. The molecule has 0 aromatic heterocycles. The summed E-state index contributed by atoms with van der Waals surface area (Å²) < 4.78 is 5.49. The number of thioether (sulfide) groups is 1. The van der Waals surface area contributed by atoms with Crippen molar-refractivity contribution in [2.75, 3.05) is 18.1 Å². The second kappa shape index (κ2) is 9.93. The minimum Gasteiger partial charge on any atom is -0.480 e. The molecule has 0 bridgehead atoms. The molecule has 3 N–H and O–H groups in total. The summed E-state index contributed by atoms with van der Waals surface area (Å²) >= 11 is 1.26. The van der Waals surface area contributed by atoms with Crippen LogP contribution < -0.4 is 10.5 Å². The van der Waals surface area contributed by atoms with Crippen LogP contribution in [-0.2, 0) is 9.59 Å². The lowest BCUT2D eigenvalue weighted by Gasteiger charge is -2.27. The van der Waals surface area contributed by atoms with Crippen LogP contribution in [0, 0.1) is 0 Å². The molecule has 1 aliphatic rings. The molecule has 2 amide bonds. The summed E-state index contributed by atoms with van der Waals surface area (Å²) in [4.78, 5) is 50.0. The van der Waals surface area contributed by atoms with Crippen LogP contribution in [0.2, 0.25) is 0 Å². The Morgan fingerprint density at radius 3 is 2.55 bits per heavy atom. The molecule has 0 radical (unpaired) electrons. The van der Waals surface area contributed by atoms with E-state index in [1.807, 2.05) is 6.92 Å². The molecule has 0 saturated heterocycles. The van der Waals surface area contributed by atoms with Crippen molar-refractivity contribution in [2.24, 2.45) is 5.73 Å². The highest BCUT2D eigenvalue weighted by molar-refractivity contribution is 7.99. The fourth-order valence-corrected chi connectivity index (χ4v) is 4.21. The third kappa shape index (κ3) is 4.88. The summed E-state index contributed by atoms with van der Waals surface area (Å²) in [5.74, 6) is -1.42. The molecule has 164 valence electrons. The van der Waals surface area contributed by atoms with E-state index in [4.69, 9.17) is 15.6 Å². The Labute approximate surface area is 183 Å². The number of nitrogens with zero attached hydrogens (tertiary/aromatic N) is 1. The van der Waals surface area contributed by atoms with Gasteiger partial charge in [-0.25, -0.2) is 0 Å². The third-order valence-corrected chi connectivity index (χ3v) is 6.06. The van der Waals surface area contributed by atoms with Gasteiger partial charge in [-0.1, -0.05) is 25.5 Å². The number of rotatable bonds is 10. The first-order chi connectivity index (χ1) is 14.8. The van der Waals surface area contributed by atoms with Gasteiger partial charge in [0, 0.05) is 39.9 Å². The maximum atomic E-state index is 12.9. The Morgan fingerprint density at radius 2 is 1.87 bits per heavy atom. The van der Waals surface area contributed by atoms with E-state index in [9.17, 15) is 19.2 Å². The zero-order valence-corrected chi connectivity index (χ0v) is 17.9. The Morgan fingerprint density at radius 1 is 1.16 bits per heavy atom. The van der Waals surface area contributed by atoms with Crippen molar-refractivity contribution in [3.05, 3.63) is 41.5 Å². The van der Waals surface area contributed by atoms with Gasteiger partial charge >= 0.3 is 11.9 Å². The highest BCUT2D eigenvalue weighted by atomic mass is 32.2. The lowest BCUT2D eigenvalue weighted by molar-refractivity contribution is -0.138. The summed E-state index contributed by atoms with van der Waals surface area (Å²) in [6.07, 6.45) is 1.67. The van der Waals surface area contributed by atoms with Gasteiger partial charge in [-0.05, 0) is 24.6 Å². The van der Waals surface area contributed by atoms with Crippen LogP contribution in [0.3, 0.4) is 0 Å². The van der Waals surface area contributed by atoms with Gasteiger partial charge in [-0.3, -0.25) is 24.1 Å². The minimum atomic E-state index is -1.09. The van der Waals surface area contributed by atoms with Gasteiger partial charge in [0.1, 0.15) is 11.8 Å². The number of hydrogen-bond donors (Lipinski definition) is 2. The van der Waals surface area contributed by atoms with Crippen molar-refractivity contribution in [2.45, 2.75) is 32.2 Å². The lowest BCUT2D eigenvalue weighted by atomic mass is 9.93. The summed E-state index contributed by atoms with van der Waals surface area (Å²) in [5.41, 5.74) is 6.26. The van der Waals surface area contributed by atoms with Crippen molar-refractivity contribution < 1.29 is 29.0 Å². The normalized spacial score (nSPS) is 14.1. The molecule has 1 atom stereocenters. The number of imide groups is 1. The summed E-state index contributed by atoms with van der Waals surface area (Å²) in [5, 5.41) is 9.80. The maximum absolute atomic E-state index is 12.9. The van der Waals surface area contributed by atoms with Crippen LogP contribution >= 0.6 is 11.8 Å². The minimum absolute atomic E-state index is 0.0720. The fourth-order valence-electron chi connectivity index (χ4n) is 3.34. The molecule has 0 saturated carbocycles. The van der Waals surface area contributed by atoms with E-state index in [1.54, 1.807) is 30.3 Å². The second-order valence-corrected chi connectivity index (χ2v) is 8.35. The number of carbonyl (C=O) groups is 4. The van der Waals surface area contributed by atoms with Crippen molar-refractivity contribution in [1.29, 1.82) is 0 Å². The van der Waals surface area contributed by atoms with E-state index in [0.29, 0.717) is 34.2 Å². The Balaban J connectivity index is 1.76. The molecule has 3 rings (SSSR count). The van der Waals surface area contributed by atoms with Crippen molar-refractivity contribution >= 4 is 46.3 Å². The Hall–Kier alpha value is -2.91. The van der Waals surface area contributed by atoms with Crippen molar-refractivity contribution in [3.8, 4) is 5.75 Å². The number of unbranched alkanes of at least 4 members (excludes halogenated alkanes) is 1. The van der Waals surface area contributed by atoms with Gasteiger partial charge in [0.15, 0.2) is 0 Å². The predicted octanol–water partition coefficient (Wildman–Crippen LogP) is 2.68. The number of carboxylic acid groups (broad SMARTS) is 1. The van der Waals surface area contributed by atoms with E-state index < -0.39 is 18.0 Å². The van der Waals surface area contributed by atoms with E-state index in [0.717, 1.165) is 12.8 Å². The number of benzene rings is 2. The summed E-state index contributed by atoms with van der Waals surface area (Å²) in [7, 11) is 0. The maximum Gasteiger partial charge on any atom is 0.321 e. The van der Waals surface area contributed by atoms with E-state index in [1.165, 1.54) is 16.7 Å². The fraction of sp³-hybridized carbons (Fsp3) is 0.364. The molecule has 9 heteroatoms. The van der Waals surface area contributed by atoms with Crippen LogP contribution in [0.15, 0.2) is 30.3 Å². The molecule has 1 aliphatic heterocycles. The SMILES string of the molecule is CCCCN1C(=O)c2cccc3c(OC(=O)CCSCC(N)C(=O)O)ccc(c23)C1=O. The zero-order chi connectivity index (χ0) is 22.5. The number of carbonyl (C=O) groups excluding carboxylic acids is 3. The van der Waals surface area contributed by atoms with Crippen LogP contribution in [0.1, 0.15) is 46.9 Å². The van der Waals surface area contributed by atoms with Crippen LogP contribution in [0.5, 0.6) is 5.75 Å². The number of esters is 1. The van der Waals surface area contributed by atoms with E-state index in [-0.39, 0.29) is 29.7 Å². The number of carboxylic acids is 1. The standard InChI is InChI=1S/C22H24N2O6S/c1-2-3-10-24-20(26)14-6-4-5-13-17(8-7-15(19(13)14)21(24)27)30-18(25)9-11-31-12-16(23)22(28)29/h4-8,16H,2-3,9-12,23H2,1H3,(H,28,29). The second-order valence-electron chi connectivity index (χ2n) is 7.20. The lowest BCUT2D eigenvalue weighted by Crippen LogP contribution is -2.40. The van der Waals surface area contributed by atoms with Crippen molar-refractivity contribution in [3.63, 3.8) is 0 Å². The first kappa shape index (κ1) is 22.8. The Kier molecular flexibility index (Phi) is 7.29. The van der Waals surface area contributed by atoms with Gasteiger partial charge in [-0.2, -0.15) is 11.8 Å². The average Bonchev–Trinajstić information content (AvgIpc) is 2.75. The molecular weight excluding hydrogens is 420 g/mol. The molecule has 0 fully saturated rings. The monoisotopic (exact) mass is 444 g/mol. The number of amides is 2. The summed E-state index contributed by atoms with van der Waals surface area (Å²) in [6.45, 7) is 2.36. The van der Waals surface area contributed by atoms with Gasteiger partial charge in [0.05, 0.1) is 6.42 Å². The predicted molar refractivity (Wildman–Crippen MR) is 117 cm³/mol. The molecular formula is C22H24N2O6S. The van der Waals surface area contributed by atoms with E-state index >= 15 is 0 Å². The van der Waals surface area contributed by atoms with Crippen LogP contribution in [0.4, 0.5) is 0 Å². The molecule has 1 unspecified atom stereocenters. The zero-order valence-electron chi connectivity index (χ0n) is 17.1. The smallest absolute Gasteiger partial charge is 0.321 e. The molecule has 0 spiro atoms. The van der Waals surface area contributed by atoms with Gasteiger partial charge in [0.2, 0.25) is 0 Å². The largest absolute Gasteiger partial charge is 0.480 e. The van der Waals surface area contributed by atoms with Gasteiger partial charge in [0.25, 0.3) is 11.8 Å². The molecule has 0 aliphatic carbocycles. The van der Waals surface area contributed by atoms with Crippen LogP contribution in [0.25, 0.3) is 10.8 Å². The topological polar surface area (TPSA) is 127 Å². The van der Waals surface area contributed by atoms with Crippen molar-refractivity contribution in [1.82, 2.24) is 4.90 Å². The molecule has 2 aromatic rings. The van der Waals surface area contributed by atoms with E-state index in [2.05, 4.69) is 0 Å². The Bertz CT molecular complexity index is 1020. The third-order valence-electron chi connectivity index (χ3n) is 4.98. The number of nitrogens with two attached hydrogens (primary N) is 1. The van der Waals surface area contributed by atoms with Gasteiger partial charge in [-0.15, -0.1) is 0 Å². The first-order valence-electron chi connectivity index (χ1n) is 10.0. The summed E-state index contributed by atoms with van der Waals surface area (Å²) in [6, 6.07) is 7.27. The highest BCUT2D eigenvalue weighted by Crippen LogP contribution is 2.35.